The second kappa shape index (κ2) is 8.19. The van der Waals surface area contributed by atoms with Crippen molar-refractivity contribution in [3.63, 3.8) is 0 Å². The number of ether oxygens (including phenoxy) is 2. The first-order valence-electron chi connectivity index (χ1n) is 8.97. The fraction of sp³-hybridized carbons (Fsp3) is 0.263. The lowest BCUT2D eigenvalue weighted by Gasteiger charge is -2.13. The Morgan fingerprint density at radius 3 is 2.77 bits per heavy atom. The summed E-state index contributed by atoms with van der Waals surface area (Å²) in [7, 11) is 0. The Bertz CT molecular complexity index is 1120. The van der Waals surface area contributed by atoms with E-state index in [0.29, 0.717) is 22.7 Å². The molecule has 3 aromatic rings. The van der Waals surface area contributed by atoms with Gasteiger partial charge < -0.3 is 9.47 Å². The average Bonchev–Trinajstić information content (AvgIpc) is 3.44. The number of carbonyl (C=O) groups excluding carboxylic acids is 1. The molecule has 1 amide bonds. The van der Waals surface area contributed by atoms with Gasteiger partial charge in [0.05, 0.1) is 21.7 Å². The Balaban J connectivity index is 1.53. The zero-order valence-corrected chi connectivity index (χ0v) is 16.2. The Morgan fingerprint density at radius 1 is 1.27 bits per heavy atom. The quantitative estimate of drug-likeness (QED) is 0.401. The number of thiazole rings is 1. The van der Waals surface area contributed by atoms with Gasteiger partial charge >= 0.3 is 6.61 Å². The normalized spacial score (nSPS) is 13.4. The van der Waals surface area contributed by atoms with E-state index in [1.807, 2.05) is 0 Å². The zero-order valence-electron chi connectivity index (χ0n) is 15.3. The van der Waals surface area contributed by atoms with Gasteiger partial charge in [-0.3, -0.25) is 20.2 Å². The minimum absolute atomic E-state index is 0.0646. The molecule has 11 heteroatoms. The molecule has 1 aliphatic carbocycles. The van der Waals surface area contributed by atoms with E-state index in [0.717, 1.165) is 24.2 Å². The number of hydrogen-bond donors (Lipinski definition) is 1. The van der Waals surface area contributed by atoms with E-state index in [4.69, 9.17) is 4.74 Å². The summed E-state index contributed by atoms with van der Waals surface area (Å²) in [6.45, 7) is -2.65. The number of anilines is 1. The van der Waals surface area contributed by atoms with Gasteiger partial charge in [-0.15, -0.1) is 0 Å². The lowest BCUT2D eigenvalue weighted by molar-refractivity contribution is -0.384. The average molecular weight is 435 g/mol. The summed E-state index contributed by atoms with van der Waals surface area (Å²) < 4.78 is 35.9. The van der Waals surface area contributed by atoms with Gasteiger partial charge in [-0.1, -0.05) is 11.3 Å². The summed E-state index contributed by atoms with van der Waals surface area (Å²) in [5, 5.41) is 13.8. The number of nitrogens with zero attached hydrogens (tertiary/aromatic N) is 2. The second-order valence-corrected chi connectivity index (χ2v) is 7.71. The number of alkyl halides is 2. The number of fused-ring (bicyclic) bond motifs is 1. The molecule has 0 unspecified atom stereocenters. The molecular weight excluding hydrogens is 420 g/mol. The Morgan fingerprint density at radius 2 is 2.07 bits per heavy atom. The first-order valence-corrected chi connectivity index (χ1v) is 9.78. The van der Waals surface area contributed by atoms with Crippen LogP contribution < -0.4 is 14.8 Å². The summed E-state index contributed by atoms with van der Waals surface area (Å²) in [5.74, 6) is -0.221. The van der Waals surface area contributed by atoms with Crippen molar-refractivity contribution in [1.29, 1.82) is 0 Å². The second-order valence-electron chi connectivity index (χ2n) is 6.68. The summed E-state index contributed by atoms with van der Waals surface area (Å²) in [5.41, 5.74) is 0.610. The number of amides is 1. The molecule has 1 N–H and O–H groups in total. The third-order valence-electron chi connectivity index (χ3n) is 4.40. The van der Waals surface area contributed by atoms with E-state index < -0.39 is 17.4 Å². The first-order chi connectivity index (χ1) is 14.4. The van der Waals surface area contributed by atoms with Crippen molar-refractivity contribution in [3.8, 4) is 11.5 Å². The van der Waals surface area contributed by atoms with Gasteiger partial charge in [-0.05, 0) is 43.0 Å². The van der Waals surface area contributed by atoms with Crippen molar-refractivity contribution in [2.75, 3.05) is 11.9 Å². The summed E-state index contributed by atoms with van der Waals surface area (Å²) in [4.78, 5) is 27.2. The highest BCUT2D eigenvalue weighted by molar-refractivity contribution is 7.22. The van der Waals surface area contributed by atoms with Crippen LogP contribution in [0.1, 0.15) is 23.2 Å². The number of non-ortho nitro benzene ring substituents is 1. The Kier molecular flexibility index (Phi) is 5.44. The molecule has 2 aromatic carbocycles. The van der Waals surface area contributed by atoms with Crippen molar-refractivity contribution in [1.82, 2.24) is 4.98 Å². The van der Waals surface area contributed by atoms with E-state index in [-0.39, 0.29) is 27.9 Å². The minimum atomic E-state index is -3.01. The maximum atomic E-state index is 12.6. The number of nitro benzene ring substituents is 1. The fourth-order valence-corrected chi connectivity index (χ4v) is 3.59. The predicted octanol–water partition coefficient (Wildman–Crippen LogP) is 4.85. The molecular formula is C19H15F2N3O5S. The molecule has 0 radical (unpaired) electrons. The van der Waals surface area contributed by atoms with Crippen LogP contribution in [0.2, 0.25) is 0 Å². The van der Waals surface area contributed by atoms with Crippen molar-refractivity contribution in [2.45, 2.75) is 19.5 Å². The molecule has 1 aliphatic rings. The van der Waals surface area contributed by atoms with E-state index in [1.54, 1.807) is 0 Å². The van der Waals surface area contributed by atoms with Gasteiger partial charge in [-0.25, -0.2) is 4.98 Å². The lowest BCUT2D eigenvalue weighted by Crippen LogP contribution is -2.13. The van der Waals surface area contributed by atoms with E-state index in [9.17, 15) is 23.7 Å². The zero-order chi connectivity index (χ0) is 21.3. The molecule has 1 aromatic heterocycles. The number of benzene rings is 2. The van der Waals surface area contributed by atoms with Crippen LogP contribution >= 0.6 is 11.3 Å². The molecule has 4 rings (SSSR count). The van der Waals surface area contributed by atoms with Crippen LogP contribution in [0.25, 0.3) is 10.2 Å². The number of aromatic nitrogens is 1. The van der Waals surface area contributed by atoms with Crippen LogP contribution in [-0.4, -0.2) is 29.0 Å². The maximum absolute atomic E-state index is 12.6. The van der Waals surface area contributed by atoms with Gasteiger partial charge in [0.15, 0.2) is 16.6 Å². The van der Waals surface area contributed by atoms with E-state index in [1.165, 1.54) is 36.4 Å². The molecule has 0 bridgehead atoms. The van der Waals surface area contributed by atoms with Crippen LogP contribution in [0.4, 0.5) is 19.6 Å². The fourth-order valence-electron chi connectivity index (χ4n) is 2.70. The van der Waals surface area contributed by atoms with Gasteiger partial charge in [0.25, 0.3) is 11.6 Å². The van der Waals surface area contributed by atoms with Crippen LogP contribution in [-0.2, 0) is 0 Å². The minimum Gasteiger partial charge on any atom is -0.489 e. The smallest absolute Gasteiger partial charge is 0.387 e. The molecule has 0 aliphatic heterocycles. The number of rotatable bonds is 8. The molecule has 0 spiro atoms. The predicted molar refractivity (Wildman–Crippen MR) is 106 cm³/mol. The van der Waals surface area contributed by atoms with Crippen LogP contribution in [0.3, 0.4) is 0 Å². The number of nitrogens with one attached hydrogen (secondary N) is 1. The molecule has 1 heterocycles. The standard InChI is InChI=1S/C19H15F2N3O5S/c20-18(21)29-14-6-3-11(7-15(14)28-9-10-1-2-10)17(25)23-19-22-13-5-4-12(24(26)27)8-16(13)30-19/h3-8,10,18H,1-2,9H2,(H,22,23,25). The lowest BCUT2D eigenvalue weighted by atomic mass is 10.2. The highest BCUT2D eigenvalue weighted by Gasteiger charge is 2.23. The molecule has 0 atom stereocenters. The van der Waals surface area contributed by atoms with E-state index in [2.05, 4.69) is 15.0 Å². The van der Waals surface area contributed by atoms with Gasteiger partial charge in [-0.2, -0.15) is 8.78 Å². The summed E-state index contributed by atoms with van der Waals surface area (Å²) >= 11 is 1.09. The molecule has 30 heavy (non-hydrogen) atoms. The molecule has 1 fully saturated rings. The highest BCUT2D eigenvalue weighted by Crippen LogP contribution is 2.35. The van der Waals surface area contributed by atoms with Crippen LogP contribution in [0.5, 0.6) is 11.5 Å². The largest absolute Gasteiger partial charge is 0.489 e. The monoisotopic (exact) mass is 435 g/mol. The maximum Gasteiger partial charge on any atom is 0.387 e. The Labute approximate surface area is 172 Å². The number of hydrogen-bond acceptors (Lipinski definition) is 7. The van der Waals surface area contributed by atoms with Crippen molar-refractivity contribution in [2.24, 2.45) is 5.92 Å². The Hall–Kier alpha value is -3.34. The third kappa shape index (κ3) is 4.62. The first kappa shape index (κ1) is 20.0. The SMILES string of the molecule is O=C(Nc1nc2ccc([N+](=O)[O-])cc2s1)c1ccc(OC(F)F)c(OCC2CC2)c1. The number of nitro groups is 1. The highest BCUT2D eigenvalue weighted by atomic mass is 32.1. The topological polar surface area (TPSA) is 104 Å². The number of carbonyl (C=O) groups is 1. The third-order valence-corrected chi connectivity index (χ3v) is 5.33. The van der Waals surface area contributed by atoms with Gasteiger partial charge in [0.1, 0.15) is 0 Å². The van der Waals surface area contributed by atoms with Gasteiger partial charge in [0.2, 0.25) is 0 Å². The molecule has 0 saturated heterocycles. The van der Waals surface area contributed by atoms with E-state index >= 15 is 0 Å². The summed E-state index contributed by atoms with van der Waals surface area (Å²) in [6, 6.07) is 8.15. The van der Waals surface area contributed by atoms with Crippen LogP contribution in [0, 0.1) is 16.0 Å². The van der Waals surface area contributed by atoms with Crippen molar-refractivity contribution < 1.29 is 28.0 Å². The number of halogens is 2. The molecule has 8 nitrogen and oxygen atoms in total. The molecule has 156 valence electrons. The van der Waals surface area contributed by atoms with Crippen molar-refractivity contribution in [3.05, 3.63) is 52.1 Å². The van der Waals surface area contributed by atoms with Crippen molar-refractivity contribution >= 4 is 38.3 Å². The van der Waals surface area contributed by atoms with Crippen LogP contribution in [0.15, 0.2) is 36.4 Å². The van der Waals surface area contributed by atoms with Gasteiger partial charge in [0, 0.05) is 17.7 Å². The summed E-state index contributed by atoms with van der Waals surface area (Å²) in [6.07, 6.45) is 2.03. The molecule has 1 saturated carbocycles.